The van der Waals surface area contributed by atoms with Gasteiger partial charge in [-0.3, -0.25) is 4.98 Å². The van der Waals surface area contributed by atoms with Crippen LogP contribution in [0.15, 0.2) is 36.1 Å². The zero-order valence-electron chi connectivity index (χ0n) is 7.79. The highest BCUT2D eigenvalue weighted by atomic mass is 32.1. The Balaban J connectivity index is 2.38. The Morgan fingerprint density at radius 2 is 2.40 bits per heavy atom. The van der Waals surface area contributed by atoms with Gasteiger partial charge in [0.2, 0.25) is 0 Å². The third-order valence-corrected chi connectivity index (χ3v) is 2.53. The summed E-state index contributed by atoms with van der Waals surface area (Å²) in [7, 11) is 0. The normalized spacial score (nSPS) is 11.0. The Bertz CT molecular complexity index is 494. The molecule has 0 bridgehead atoms. The molecular weight excluding hydrogens is 206 g/mol. The number of pyridine rings is 1. The highest BCUT2D eigenvalue weighted by Crippen LogP contribution is 2.17. The number of nitriles is 1. The summed E-state index contributed by atoms with van der Waals surface area (Å²) in [5, 5.41) is 11.7. The van der Waals surface area contributed by atoms with Gasteiger partial charge in [0, 0.05) is 29.5 Å². The summed E-state index contributed by atoms with van der Waals surface area (Å²) in [6, 6.07) is 5.81. The molecule has 0 saturated carbocycles. The van der Waals surface area contributed by atoms with Crippen LogP contribution in [0.2, 0.25) is 0 Å². The molecule has 0 spiro atoms. The topological polar surface area (TPSA) is 49.6 Å². The summed E-state index contributed by atoms with van der Waals surface area (Å²) >= 11 is 1.50. The van der Waals surface area contributed by atoms with E-state index in [0.717, 1.165) is 10.6 Å². The summed E-state index contributed by atoms with van der Waals surface area (Å²) in [5.41, 5.74) is 1.40. The molecule has 4 heteroatoms. The van der Waals surface area contributed by atoms with Gasteiger partial charge in [0.15, 0.2) is 0 Å². The zero-order valence-corrected chi connectivity index (χ0v) is 8.61. The van der Waals surface area contributed by atoms with E-state index in [1.165, 1.54) is 11.3 Å². The van der Waals surface area contributed by atoms with Gasteiger partial charge in [0.25, 0.3) is 0 Å². The zero-order chi connectivity index (χ0) is 10.5. The average molecular weight is 213 g/mol. The third kappa shape index (κ3) is 2.27. The number of hydrogen-bond donors (Lipinski definition) is 0. The van der Waals surface area contributed by atoms with E-state index in [-0.39, 0.29) is 0 Å². The van der Waals surface area contributed by atoms with E-state index in [1.807, 2.05) is 17.5 Å². The molecule has 3 nitrogen and oxygen atoms in total. The molecule has 2 aromatic rings. The maximum Gasteiger partial charge on any atom is 0.117 e. The van der Waals surface area contributed by atoms with Crippen LogP contribution in [0, 0.1) is 11.3 Å². The van der Waals surface area contributed by atoms with Crippen LogP contribution in [0.5, 0.6) is 0 Å². The Kier molecular flexibility index (Phi) is 2.86. The molecule has 0 fully saturated rings. The maximum absolute atomic E-state index is 9.01. The molecule has 0 atom stereocenters. The summed E-state index contributed by atoms with van der Waals surface area (Å²) in [6.45, 7) is 0. The van der Waals surface area contributed by atoms with Gasteiger partial charge < -0.3 is 0 Å². The van der Waals surface area contributed by atoms with Gasteiger partial charge >= 0.3 is 0 Å². The van der Waals surface area contributed by atoms with Gasteiger partial charge in [-0.1, -0.05) is 6.07 Å². The molecule has 2 heterocycles. The van der Waals surface area contributed by atoms with Gasteiger partial charge in [0.1, 0.15) is 5.01 Å². The van der Waals surface area contributed by atoms with Crippen LogP contribution in [0.25, 0.3) is 11.6 Å². The van der Waals surface area contributed by atoms with Gasteiger partial charge in [0.05, 0.1) is 11.6 Å². The maximum atomic E-state index is 9.01. The Morgan fingerprint density at radius 1 is 1.47 bits per heavy atom. The first-order chi connectivity index (χ1) is 7.40. The molecule has 0 aliphatic carbocycles. The molecule has 15 heavy (non-hydrogen) atoms. The van der Waals surface area contributed by atoms with Crippen molar-refractivity contribution in [1.82, 2.24) is 9.97 Å². The van der Waals surface area contributed by atoms with Crippen molar-refractivity contribution in [2.24, 2.45) is 0 Å². The van der Waals surface area contributed by atoms with Gasteiger partial charge in [-0.2, -0.15) is 5.26 Å². The fourth-order valence-electron chi connectivity index (χ4n) is 1.13. The smallest absolute Gasteiger partial charge is 0.117 e. The van der Waals surface area contributed by atoms with Crippen molar-refractivity contribution in [1.29, 1.82) is 5.26 Å². The van der Waals surface area contributed by atoms with Crippen LogP contribution in [0.4, 0.5) is 0 Å². The van der Waals surface area contributed by atoms with Crippen molar-refractivity contribution in [2.45, 2.75) is 0 Å². The van der Waals surface area contributed by atoms with Gasteiger partial charge in [-0.15, -0.1) is 11.3 Å². The van der Waals surface area contributed by atoms with E-state index in [2.05, 4.69) is 16.0 Å². The lowest BCUT2D eigenvalue weighted by Gasteiger charge is -1.95. The highest BCUT2D eigenvalue weighted by Gasteiger charge is 2.01. The molecule has 0 aliphatic heterocycles. The van der Waals surface area contributed by atoms with Crippen molar-refractivity contribution in [3.05, 3.63) is 46.7 Å². The highest BCUT2D eigenvalue weighted by molar-refractivity contribution is 7.10. The first-order valence-electron chi connectivity index (χ1n) is 4.32. The lowest BCUT2D eigenvalue weighted by atomic mass is 10.1. The van der Waals surface area contributed by atoms with Crippen LogP contribution in [-0.2, 0) is 0 Å². The van der Waals surface area contributed by atoms with Crippen molar-refractivity contribution in [2.75, 3.05) is 0 Å². The van der Waals surface area contributed by atoms with E-state index in [0.29, 0.717) is 5.57 Å². The van der Waals surface area contributed by atoms with Crippen molar-refractivity contribution in [3.63, 3.8) is 0 Å². The fourth-order valence-corrected chi connectivity index (χ4v) is 1.70. The average Bonchev–Trinajstić information content (AvgIpc) is 2.80. The number of thiazole rings is 1. The van der Waals surface area contributed by atoms with Crippen LogP contribution < -0.4 is 0 Å². The second kappa shape index (κ2) is 4.49. The van der Waals surface area contributed by atoms with Crippen molar-refractivity contribution in [3.8, 4) is 6.07 Å². The fraction of sp³-hybridized carbons (Fsp3) is 0. The summed E-state index contributed by atoms with van der Waals surface area (Å²) in [6.07, 6.45) is 6.83. The first kappa shape index (κ1) is 9.56. The number of rotatable bonds is 2. The second-order valence-corrected chi connectivity index (χ2v) is 3.71. The second-order valence-electron chi connectivity index (χ2n) is 2.78. The molecule has 0 aromatic carbocycles. The molecule has 0 aliphatic rings. The lowest BCUT2D eigenvalue weighted by Crippen LogP contribution is -1.82. The van der Waals surface area contributed by atoms with Crippen LogP contribution in [0.1, 0.15) is 10.6 Å². The van der Waals surface area contributed by atoms with Crippen LogP contribution in [-0.4, -0.2) is 9.97 Å². The minimum Gasteiger partial charge on any atom is -0.264 e. The van der Waals surface area contributed by atoms with E-state index in [1.54, 1.807) is 24.7 Å². The van der Waals surface area contributed by atoms with Gasteiger partial charge in [-0.05, 0) is 12.1 Å². The largest absolute Gasteiger partial charge is 0.264 e. The van der Waals surface area contributed by atoms with Crippen molar-refractivity contribution >= 4 is 23.0 Å². The van der Waals surface area contributed by atoms with E-state index in [4.69, 9.17) is 5.26 Å². The van der Waals surface area contributed by atoms with E-state index in [9.17, 15) is 0 Å². The Hall–Kier alpha value is -1.99. The standard InChI is InChI=1S/C11H7N3S/c12-7-10(6-11-14-4-5-15-11)9-2-1-3-13-8-9/h1-6,8H. The molecule has 72 valence electrons. The molecule has 2 rings (SSSR count). The Labute approximate surface area is 91.4 Å². The number of aromatic nitrogens is 2. The molecule has 2 aromatic heterocycles. The Morgan fingerprint density at radius 3 is 3.00 bits per heavy atom. The first-order valence-corrected chi connectivity index (χ1v) is 5.20. The van der Waals surface area contributed by atoms with Crippen molar-refractivity contribution < 1.29 is 0 Å². The molecule has 0 N–H and O–H groups in total. The molecule has 0 amide bonds. The van der Waals surface area contributed by atoms with Gasteiger partial charge in [-0.25, -0.2) is 4.98 Å². The van der Waals surface area contributed by atoms with E-state index >= 15 is 0 Å². The number of hydrogen-bond acceptors (Lipinski definition) is 4. The number of nitrogens with zero attached hydrogens (tertiary/aromatic N) is 3. The third-order valence-electron chi connectivity index (χ3n) is 1.81. The quantitative estimate of drug-likeness (QED) is 0.720. The number of allylic oxidation sites excluding steroid dienone is 1. The summed E-state index contributed by atoms with van der Waals surface area (Å²) in [4.78, 5) is 8.07. The molecule has 0 unspecified atom stereocenters. The molecule has 0 radical (unpaired) electrons. The monoisotopic (exact) mass is 213 g/mol. The van der Waals surface area contributed by atoms with E-state index < -0.39 is 0 Å². The SMILES string of the molecule is N#CC(=Cc1nccs1)c1cccnc1. The molecular formula is C11H7N3S. The lowest BCUT2D eigenvalue weighted by molar-refractivity contribution is 1.31. The minimum absolute atomic E-state index is 0.582. The predicted molar refractivity (Wildman–Crippen MR) is 59.8 cm³/mol. The van der Waals surface area contributed by atoms with Crippen LogP contribution in [0.3, 0.4) is 0 Å². The summed E-state index contributed by atoms with van der Waals surface area (Å²) in [5.74, 6) is 0. The minimum atomic E-state index is 0.582. The molecule has 0 saturated heterocycles. The van der Waals surface area contributed by atoms with Crippen LogP contribution >= 0.6 is 11.3 Å². The predicted octanol–water partition coefficient (Wildman–Crippen LogP) is 2.60. The summed E-state index contributed by atoms with van der Waals surface area (Å²) < 4.78 is 0.